The first-order valence-corrected chi connectivity index (χ1v) is 32.0. The molecular weight excluding hydrogens is 1380 g/mol. The van der Waals surface area contributed by atoms with Crippen molar-refractivity contribution in [2.24, 2.45) is 5.73 Å². The summed E-state index contributed by atoms with van der Waals surface area (Å²) < 4.78 is 74.8. The number of nitrogens with two attached hydrogens (primary N) is 1. The number of ether oxygens (including phenoxy) is 8. The first kappa shape index (κ1) is 74.9. The van der Waals surface area contributed by atoms with Crippen molar-refractivity contribution < 1.29 is 114 Å². The topological polar surface area (TPSA) is 454 Å². The molecule has 1 aromatic heterocycles. The number of benzene rings is 5. The van der Waals surface area contributed by atoms with Gasteiger partial charge in [0.05, 0.1) is 50.8 Å². The van der Waals surface area contributed by atoms with Gasteiger partial charge in [0.2, 0.25) is 12.2 Å². The number of carbonyl (C=O) groups excluding carboxylic acids is 10. The lowest BCUT2D eigenvalue weighted by molar-refractivity contribution is -0.177. The summed E-state index contributed by atoms with van der Waals surface area (Å²) in [5.41, 5.74) is 8.24. The van der Waals surface area contributed by atoms with Crippen molar-refractivity contribution in [3.05, 3.63) is 137 Å². The number of nitrogens with zero attached hydrogens (tertiary/aromatic N) is 7. The molecule has 6 fully saturated rings. The molecule has 8 N–H and O–H groups in total. The van der Waals surface area contributed by atoms with Gasteiger partial charge in [-0.1, -0.05) is 23.4 Å². The number of nitrogens with one attached hydrogen (secondary N) is 4. The molecule has 6 aliphatic rings. The standard InChI is InChI=1S/C26H24FN5O9.C23H24FN5O6.C18H20N2O8/c1-14(33)40-21(24(35)28-15-5-6-18(19(27)11-15)23-29-26(37)41-30-23)22-25(36)32(8-10-39-22)17-4-2-3-16(12-17)31-7-9-38-13-20(31)34;24-17-10-13(4-5-16(17)21(25)26)27-22(32)19(31)20-23(33)29(7-9-35-20)15-3-1-2-14(11-15)28-6-8-34-12-18(28)30;1-11(21)28-16(18(24)25)15-17(23)20(6-8-27-15)13-4-2-3-12(9-13)19-5-7-26-10-14(19)22/h2-6,11-12,21-22H,7-10,13H2,1H3,(H,28,35)(H,29,30,37);1-5,10-11,19-20,31H,6-9,12H2,(H3,25,26)(H,27,32);2-4,9,15-16H,5-8,10H2,1H3,(H,24,25)/t21-,22-;19-,20-;15-,16-/m111/s1. The van der Waals surface area contributed by atoms with Crippen LogP contribution in [0.2, 0.25) is 0 Å². The third-order valence-corrected chi connectivity index (χ3v) is 16.3. The number of hydrogen-bond donors (Lipinski definition) is 7. The molecule has 7 heterocycles. The fourth-order valence-electron chi connectivity index (χ4n) is 11.5. The Bertz CT molecular complexity index is 4370. The molecular formula is C67H68F2N12O23. The minimum Gasteiger partial charge on any atom is -0.478 e. The number of amidine groups is 1. The SMILES string of the molecule is CC(=O)O[C@@H](C(=O)Nc1ccc(-c2noc(=O)[nH]2)c(F)c1)[C@H]1OCCN(c2cccc(N3CCOCC3=O)c2)C1=O.CC(=O)O[C@@H](C(=O)O)[C@H]1OCCN(c2cccc(N3CCOCC3=O)c2)C1=O.N=C(N)c1ccc(NC(=O)[C@H](O)[C@H]2OCCN(c3cccc(N4CCOCC4=O)c3)C2=O)cc1F. The summed E-state index contributed by atoms with van der Waals surface area (Å²) in [5.74, 6) is -10.7. The van der Waals surface area contributed by atoms with Gasteiger partial charge in [-0.25, -0.2) is 18.4 Å². The molecule has 548 valence electrons. The zero-order chi connectivity index (χ0) is 74.5. The number of halogens is 2. The van der Waals surface area contributed by atoms with Gasteiger partial charge in [-0.15, -0.1) is 0 Å². The quantitative estimate of drug-likeness (QED) is 0.0356. The van der Waals surface area contributed by atoms with E-state index in [1.165, 1.54) is 39.0 Å². The Balaban J connectivity index is 0.000000171. The highest BCUT2D eigenvalue weighted by Crippen LogP contribution is 2.32. The number of carboxylic acid groups (broad SMARTS) is 1. The van der Waals surface area contributed by atoms with Crippen LogP contribution >= 0.6 is 0 Å². The summed E-state index contributed by atoms with van der Waals surface area (Å²) in [4.78, 5) is 158. The monoisotopic (exact) mass is 1450 g/mol. The van der Waals surface area contributed by atoms with Gasteiger partial charge in [-0.05, 0) is 91.0 Å². The molecule has 0 bridgehead atoms. The number of esters is 2. The number of morpholine rings is 6. The second-order valence-corrected chi connectivity index (χ2v) is 23.3. The van der Waals surface area contributed by atoms with Crippen LogP contribution in [0.1, 0.15) is 19.4 Å². The minimum atomic E-state index is -1.87. The van der Waals surface area contributed by atoms with E-state index in [1.807, 2.05) is 0 Å². The first-order valence-electron chi connectivity index (χ1n) is 32.0. The normalized spacial score (nSPS) is 19.5. The number of hydrogen-bond acceptors (Lipinski definition) is 24. The molecule has 6 saturated heterocycles. The van der Waals surface area contributed by atoms with E-state index >= 15 is 0 Å². The summed E-state index contributed by atoms with van der Waals surface area (Å²) in [6.45, 7) is 5.04. The second kappa shape index (κ2) is 33.8. The van der Waals surface area contributed by atoms with Crippen molar-refractivity contribution in [3.63, 3.8) is 0 Å². The highest BCUT2D eigenvalue weighted by atomic mass is 19.1. The number of nitrogen functional groups attached to an aromatic ring is 1. The zero-order valence-electron chi connectivity index (χ0n) is 55.4. The molecule has 6 aromatic rings. The third kappa shape index (κ3) is 17.9. The van der Waals surface area contributed by atoms with Crippen LogP contribution in [0.4, 0.5) is 54.3 Å². The summed E-state index contributed by atoms with van der Waals surface area (Å²) >= 11 is 0. The van der Waals surface area contributed by atoms with E-state index in [9.17, 15) is 76.5 Å². The molecule has 0 radical (unpaired) electrons. The number of H-pyrrole nitrogens is 1. The number of aromatic amines is 1. The highest BCUT2D eigenvalue weighted by Gasteiger charge is 2.45. The maximum atomic E-state index is 14.7. The van der Waals surface area contributed by atoms with Crippen LogP contribution in [0.5, 0.6) is 0 Å². The van der Waals surface area contributed by atoms with Crippen molar-refractivity contribution in [1.29, 1.82) is 5.41 Å². The van der Waals surface area contributed by atoms with Crippen molar-refractivity contribution in [1.82, 2.24) is 10.1 Å². The van der Waals surface area contributed by atoms with Crippen molar-refractivity contribution in [3.8, 4) is 11.4 Å². The molecule has 37 heteroatoms. The maximum Gasteiger partial charge on any atom is 0.439 e. The number of carbonyl (C=O) groups is 11. The minimum absolute atomic E-state index is 0.00847. The van der Waals surface area contributed by atoms with Gasteiger partial charge in [-0.3, -0.25) is 62.9 Å². The van der Waals surface area contributed by atoms with Gasteiger partial charge in [0.15, 0.2) is 30.2 Å². The van der Waals surface area contributed by atoms with E-state index in [0.717, 1.165) is 26.0 Å². The van der Waals surface area contributed by atoms with E-state index < -0.39 is 107 Å². The van der Waals surface area contributed by atoms with Gasteiger partial charge in [0, 0.05) is 98.6 Å². The number of aliphatic hydroxyl groups is 1. The number of amides is 8. The van der Waals surface area contributed by atoms with Crippen molar-refractivity contribution in [2.45, 2.75) is 50.5 Å². The van der Waals surface area contributed by atoms with Crippen LogP contribution in [0.25, 0.3) is 11.4 Å². The number of rotatable bonds is 18. The highest BCUT2D eigenvalue weighted by molar-refractivity contribution is 6.07. The summed E-state index contributed by atoms with van der Waals surface area (Å²) in [7, 11) is 0. The molecule has 35 nitrogen and oxygen atoms in total. The third-order valence-electron chi connectivity index (χ3n) is 16.3. The van der Waals surface area contributed by atoms with Crippen molar-refractivity contribution >= 4 is 117 Å². The van der Waals surface area contributed by atoms with Gasteiger partial charge in [0.1, 0.15) is 37.3 Å². The van der Waals surface area contributed by atoms with Crippen LogP contribution in [0.15, 0.2) is 119 Å². The Morgan fingerprint density at radius 3 is 1.32 bits per heavy atom. The molecule has 0 saturated carbocycles. The Labute approximate surface area is 587 Å². The zero-order valence-corrected chi connectivity index (χ0v) is 55.4. The smallest absolute Gasteiger partial charge is 0.439 e. The second-order valence-electron chi connectivity index (χ2n) is 23.3. The maximum absolute atomic E-state index is 14.7. The van der Waals surface area contributed by atoms with Crippen LogP contribution in [0.3, 0.4) is 0 Å². The fraction of sp³-hybridized carbons (Fsp3) is 0.343. The molecule has 0 aliphatic carbocycles. The predicted molar refractivity (Wildman–Crippen MR) is 357 cm³/mol. The number of anilines is 8. The first-order chi connectivity index (χ1) is 49.8. The molecule has 0 spiro atoms. The Hall–Kier alpha value is -11.7. The molecule has 0 unspecified atom stereocenters. The Kier molecular flexibility index (Phi) is 24.4. The van der Waals surface area contributed by atoms with Crippen molar-refractivity contribution in [2.75, 3.05) is 139 Å². The predicted octanol–water partition coefficient (Wildman–Crippen LogP) is 0.837. The molecule has 104 heavy (non-hydrogen) atoms. The van der Waals surface area contributed by atoms with Gasteiger partial charge >= 0.3 is 23.7 Å². The summed E-state index contributed by atoms with van der Waals surface area (Å²) in [6, 6.07) is 27.4. The lowest BCUT2D eigenvalue weighted by Gasteiger charge is -2.35. The fourth-order valence-corrected chi connectivity index (χ4v) is 11.5. The lowest BCUT2D eigenvalue weighted by atomic mass is 10.1. The number of aromatic nitrogens is 2. The Morgan fingerprint density at radius 2 is 0.923 bits per heavy atom. The molecule has 6 aliphatic heterocycles. The lowest BCUT2D eigenvalue weighted by Crippen LogP contribution is -2.56. The number of aliphatic carboxylic acids is 1. The van der Waals surface area contributed by atoms with E-state index in [0.29, 0.717) is 73.6 Å². The average molecular weight is 1450 g/mol. The Morgan fingerprint density at radius 1 is 0.538 bits per heavy atom. The average Bonchev–Trinajstić information content (AvgIpc) is 0.828. The van der Waals surface area contributed by atoms with Gasteiger partial charge in [-0.2, -0.15) is 0 Å². The van der Waals surface area contributed by atoms with E-state index in [-0.39, 0.29) is 105 Å². The molecule has 5 aromatic carbocycles. The van der Waals surface area contributed by atoms with E-state index in [2.05, 4.69) is 25.3 Å². The van der Waals surface area contributed by atoms with E-state index in [1.54, 1.807) is 87.5 Å². The largest absolute Gasteiger partial charge is 0.478 e. The van der Waals surface area contributed by atoms with E-state index in [4.69, 9.17) is 49.0 Å². The molecule has 12 rings (SSSR count). The number of aliphatic hydroxyl groups excluding tert-OH is 1. The van der Waals surface area contributed by atoms with Gasteiger partial charge in [0.25, 0.3) is 47.3 Å². The number of carboxylic acids is 1. The summed E-state index contributed by atoms with van der Waals surface area (Å²) in [5, 5.41) is 35.3. The molecule has 8 amide bonds. The van der Waals surface area contributed by atoms with Crippen LogP contribution < -0.4 is 51.5 Å². The van der Waals surface area contributed by atoms with Crippen LogP contribution in [-0.4, -0.2) is 227 Å². The van der Waals surface area contributed by atoms with Crippen LogP contribution in [0, 0.1) is 17.0 Å². The molecule has 6 atom stereocenters. The van der Waals surface area contributed by atoms with Gasteiger partial charge < -0.3 is 93.9 Å². The summed E-state index contributed by atoms with van der Waals surface area (Å²) in [6.07, 6.45) is -9.77. The van der Waals surface area contributed by atoms with Crippen LogP contribution in [-0.2, 0) is 90.6 Å².